The molecule has 1 N–H and O–H groups in total. The molecule has 0 saturated heterocycles. The van der Waals surface area contributed by atoms with Crippen molar-refractivity contribution in [1.82, 2.24) is 5.32 Å². The first-order valence-electron chi connectivity index (χ1n) is 8.31. The molecule has 1 atom stereocenters. The van der Waals surface area contributed by atoms with Gasteiger partial charge in [0, 0.05) is 11.6 Å². The van der Waals surface area contributed by atoms with Gasteiger partial charge in [0.2, 0.25) is 0 Å². The van der Waals surface area contributed by atoms with Crippen molar-refractivity contribution < 1.29 is 9.47 Å². The van der Waals surface area contributed by atoms with Crippen molar-refractivity contribution in [2.75, 3.05) is 20.8 Å². The Morgan fingerprint density at radius 3 is 2.67 bits per heavy atom. The van der Waals surface area contributed by atoms with Crippen LogP contribution < -0.4 is 14.8 Å². The SMILES string of the molecule is COc1cc2c3c(c1OC)C1(CCCC1)CCC3NCC2. The zero-order valence-electron chi connectivity index (χ0n) is 13.1. The van der Waals surface area contributed by atoms with Crippen molar-refractivity contribution in [3.05, 3.63) is 22.8 Å². The van der Waals surface area contributed by atoms with Crippen LogP contribution in [0, 0.1) is 0 Å². The van der Waals surface area contributed by atoms with Crippen molar-refractivity contribution in [2.45, 2.75) is 56.4 Å². The Kier molecular flexibility index (Phi) is 3.14. The minimum absolute atomic E-state index is 0.347. The number of ether oxygens (including phenoxy) is 2. The lowest BCUT2D eigenvalue weighted by Gasteiger charge is -2.44. The summed E-state index contributed by atoms with van der Waals surface area (Å²) in [5.74, 6) is 1.94. The van der Waals surface area contributed by atoms with E-state index in [0.717, 1.165) is 24.5 Å². The van der Waals surface area contributed by atoms with Gasteiger partial charge < -0.3 is 14.8 Å². The third-order valence-corrected chi connectivity index (χ3v) is 5.93. The molecular formula is C18H25NO2. The molecule has 0 bridgehead atoms. The molecule has 1 aromatic carbocycles. The summed E-state index contributed by atoms with van der Waals surface area (Å²) < 4.78 is 11.5. The lowest BCUT2D eigenvalue weighted by molar-refractivity contribution is 0.283. The van der Waals surface area contributed by atoms with Crippen molar-refractivity contribution >= 4 is 0 Å². The molecule has 1 aromatic rings. The van der Waals surface area contributed by atoms with Crippen LogP contribution in [0.4, 0.5) is 0 Å². The van der Waals surface area contributed by atoms with Crippen molar-refractivity contribution in [3.63, 3.8) is 0 Å². The molecule has 1 unspecified atom stereocenters. The van der Waals surface area contributed by atoms with Gasteiger partial charge in [-0.3, -0.25) is 0 Å². The molecule has 1 heterocycles. The molecule has 0 amide bonds. The molecular weight excluding hydrogens is 262 g/mol. The van der Waals surface area contributed by atoms with E-state index in [0.29, 0.717) is 11.5 Å². The summed E-state index contributed by atoms with van der Waals surface area (Å²) in [6.07, 6.45) is 9.01. The van der Waals surface area contributed by atoms with Crippen LogP contribution in [0.5, 0.6) is 11.5 Å². The average molecular weight is 287 g/mol. The fourth-order valence-corrected chi connectivity index (χ4v) is 5.02. The highest BCUT2D eigenvalue weighted by Gasteiger charge is 2.46. The summed E-state index contributed by atoms with van der Waals surface area (Å²) in [5.41, 5.74) is 4.86. The molecule has 1 aliphatic heterocycles. The van der Waals surface area contributed by atoms with Crippen LogP contribution in [-0.2, 0) is 11.8 Å². The van der Waals surface area contributed by atoms with Gasteiger partial charge in [0.1, 0.15) is 0 Å². The molecule has 3 aliphatic rings. The predicted molar refractivity (Wildman–Crippen MR) is 83.4 cm³/mol. The fourth-order valence-electron chi connectivity index (χ4n) is 5.02. The molecule has 2 aliphatic carbocycles. The molecule has 3 nitrogen and oxygen atoms in total. The minimum atomic E-state index is 0.347. The van der Waals surface area contributed by atoms with Crippen LogP contribution in [0.15, 0.2) is 6.07 Å². The lowest BCUT2D eigenvalue weighted by atomic mass is 9.65. The Hall–Kier alpha value is -1.22. The van der Waals surface area contributed by atoms with Gasteiger partial charge in [0.05, 0.1) is 14.2 Å². The van der Waals surface area contributed by atoms with E-state index in [2.05, 4.69) is 11.4 Å². The Morgan fingerprint density at radius 1 is 1.14 bits per heavy atom. The predicted octanol–water partition coefficient (Wildman–Crippen LogP) is 3.50. The third-order valence-electron chi connectivity index (χ3n) is 5.93. The van der Waals surface area contributed by atoms with Gasteiger partial charge in [-0.1, -0.05) is 12.8 Å². The van der Waals surface area contributed by atoms with Crippen LogP contribution in [0.25, 0.3) is 0 Å². The zero-order valence-corrected chi connectivity index (χ0v) is 13.1. The number of hydrogen-bond donors (Lipinski definition) is 1. The molecule has 0 aromatic heterocycles. The van der Waals surface area contributed by atoms with E-state index in [1.165, 1.54) is 49.7 Å². The molecule has 1 spiro atoms. The molecule has 1 fully saturated rings. The van der Waals surface area contributed by atoms with Gasteiger partial charge >= 0.3 is 0 Å². The van der Waals surface area contributed by atoms with Crippen LogP contribution in [0.2, 0.25) is 0 Å². The highest BCUT2D eigenvalue weighted by Crippen LogP contribution is 2.57. The summed E-state index contributed by atoms with van der Waals surface area (Å²) in [4.78, 5) is 0. The molecule has 0 radical (unpaired) electrons. The van der Waals surface area contributed by atoms with Gasteiger partial charge in [-0.15, -0.1) is 0 Å². The van der Waals surface area contributed by atoms with Crippen LogP contribution >= 0.6 is 0 Å². The molecule has 1 saturated carbocycles. The minimum Gasteiger partial charge on any atom is -0.493 e. The number of nitrogens with one attached hydrogen (secondary N) is 1. The van der Waals surface area contributed by atoms with Crippen LogP contribution in [0.3, 0.4) is 0 Å². The van der Waals surface area contributed by atoms with Gasteiger partial charge in [-0.2, -0.15) is 0 Å². The number of benzene rings is 1. The maximum atomic E-state index is 5.84. The van der Waals surface area contributed by atoms with Gasteiger partial charge in [0.25, 0.3) is 0 Å². The first kappa shape index (κ1) is 13.4. The van der Waals surface area contributed by atoms with Crippen LogP contribution in [-0.4, -0.2) is 20.8 Å². The molecule has 21 heavy (non-hydrogen) atoms. The number of hydrogen-bond acceptors (Lipinski definition) is 3. The maximum absolute atomic E-state index is 5.84. The largest absolute Gasteiger partial charge is 0.493 e. The summed E-state index contributed by atoms with van der Waals surface area (Å²) in [7, 11) is 3.56. The lowest BCUT2D eigenvalue weighted by Crippen LogP contribution is -2.39. The Balaban J connectivity index is 2.00. The standard InChI is InChI=1S/C18H25NO2/c1-20-14-11-12-6-10-19-13-5-9-18(7-3-4-8-18)16(15(12)13)17(14)21-2/h11,13,19H,3-10H2,1-2H3. The molecule has 114 valence electrons. The molecule has 3 heteroatoms. The van der Waals surface area contributed by atoms with Gasteiger partial charge in [0.15, 0.2) is 11.5 Å². The van der Waals surface area contributed by atoms with Gasteiger partial charge in [-0.05, 0) is 61.3 Å². The second-order valence-electron chi connectivity index (χ2n) is 6.84. The smallest absolute Gasteiger partial charge is 0.164 e. The number of rotatable bonds is 2. The van der Waals surface area contributed by atoms with Gasteiger partial charge in [-0.25, -0.2) is 0 Å². The second kappa shape index (κ2) is 4.91. The van der Waals surface area contributed by atoms with E-state index in [4.69, 9.17) is 9.47 Å². The van der Waals surface area contributed by atoms with Crippen molar-refractivity contribution in [3.8, 4) is 11.5 Å². The first-order chi connectivity index (χ1) is 10.3. The average Bonchev–Trinajstić information content (AvgIpc) is 2.99. The summed E-state index contributed by atoms with van der Waals surface area (Å²) >= 11 is 0. The summed E-state index contributed by atoms with van der Waals surface area (Å²) in [6, 6.07) is 2.74. The number of methoxy groups -OCH3 is 2. The Bertz CT molecular complexity index is 561. The maximum Gasteiger partial charge on any atom is 0.164 e. The van der Waals surface area contributed by atoms with E-state index < -0.39 is 0 Å². The quantitative estimate of drug-likeness (QED) is 0.903. The second-order valence-corrected chi connectivity index (χ2v) is 6.84. The monoisotopic (exact) mass is 287 g/mol. The van der Waals surface area contributed by atoms with E-state index in [1.807, 2.05) is 0 Å². The first-order valence-corrected chi connectivity index (χ1v) is 8.31. The van der Waals surface area contributed by atoms with E-state index in [9.17, 15) is 0 Å². The highest BCUT2D eigenvalue weighted by molar-refractivity contribution is 5.60. The van der Waals surface area contributed by atoms with Crippen molar-refractivity contribution in [2.24, 2.45) is 0 Å². The van der Waals surface area contributed by atoms with Crippen LogP contribution in [0.1, 0.15) is 61.3 Å². The topological polar surface area (TPSA) is 30.5 Å². The van der Waals surface area contributed by atoms with E-state index >= 15 is 0 Å². The normalized spacial score (nSPS) is 25.7. The Morgan fingerprint density at radius 2 is 1.95 bits per heavy atom. The summed E-state index contributed by atoms with van der Waals surface area (Å²) in [6.45, 7) is 1.08. The van der Waals surface area contributed by atoms with Crippen molar-refractivity contribution in [1.29, 1.82) is 0 Å². The molecule has 4 rings (SSSR count). The third kappa shape index (κ3) is 1.83. The summed E-state index contributed by atoms with van der Waals surface area (Å²) in [5, 5.41) is 3.72. The van der Waals surface area contributed by atoms with E-state index in [1.54, 1.807) is 19.8 Å². The highest BCUT2D eigenvalue weighted by atomic mass is 16.5. The fraction of sp³-hybridized carbons (Fsp3) is 0.667. The number of fused-ring (bicyclic) bond motifs is 1. The Labute approximate surface area is 127 Å². The van der Waals surface area contributed by atoms with E-state index in [-0.39, 0.29) is 0 Å². The zero-order chi connectivity index (χ0) is 14.4.